The molecule has 112 valence electrons. The van der Waals surface area contributed by atoms with Crippen LogP contribution in [-0.2, 0) is 4.79 Å². The molecule has 0 heterocycles. The fourth-order valence-electron chi connectivity index (χ4n) is 2.02. The van der Waals surface area contributed by atoms with Gasteiger partial charge in [-0.3, -0.25) is 4.79 Å². The highest BCUT2D eigenvalue weighted by Crippen LogP contribution is 2.32. The van der Waals surface area contributed by atoms with E-state index in [-0.39, 0.29) is 12.5 Å². The molecule has 0 aliphatic carbocycles. The second kappa shape index (κ2) is 7.46. The van der Waals surface area contributed by atoms with E-state index in [1.165, 1.54) is 0 Å². The lowest BCUT2D eigenvalue weighted by atomic mass is 10.1. The van der Waals surface area contributed by atoms with Crippen molar-refractivity contribution in [3.63, 3.8) is 0 Å². The van der Waals surface area contributed by atoms with Crippen LogP contribution < -0.4 is 10.1 Å². The van der Waals surface area contributed by atoms with Gasteiger partial charge in [-0.1, -0.05) is 44.2 Å². The van der Waals surface area contributed by atoms with Gasteiger partial charge < -0.3 is 10.1 Å². The molecule has 0 aliphatic rings. The third-order valence-electron chi connectivity index (χ3n) is 3.23. The lowest BCUT2D eigenvalue weighted by molar-refractivity contribution is -0.123. The predicted molar refractivity (Wildman–Crippen MR) is 89.6 cm³/mol. The van der Waals surface area contributed by atoms with E-state index >= 15 is 0 Å². The Morgan fingerprint density at radius 1 is 1.24 bits per heavy atom. The molecule has 0 aliphatic heterocycles. The molecule has 0 bridgehead atoms. The van der Waals surface area contributed by atoms with E-state index in [9.17, 15) is 4.79 Å². The van der Waals surface area contributed by atoms with E-state index in [4.69, 9.17) is 4.74 Å². The molecule has 0 saturated carbocycles. The first-order valence-corrected chi connectivity index (χ1v) is 7.94. The number of carbonyl (C=O) groups excluding carboxylic acids is 1. The zero-order chi connectivity index (χ0) is 15.2. The normalized spacial score (nSPS) is 10.9. The molecule has 0 radical (unpaired) electrons. The zero-order valence-corrected chi connectivity index (χ0v) is 13.9. The van der Waals surface area contributed by atoms with Gasteiger partial charge in [0.25, 0.3) is 5.91 Å². The third kappa shape index (κ3) is 4.46. The number of hydrogen-bond donors (Lipinski definition) is 1. The van der Waals surface area contributed by atoms with E-state index in [1.54, 1.807) is 0 Å². The van der Waals surface area contributed by atoms with Gasteiger partial charge in [0.2, 0.25) is 0 Å². The summed E-state index contributed by atoms with van der Waals surface area (Å²) in [6, 6.07) is 11.9. The van der Waals surface area contributed by atoms with Gasteiger partial charge in [-0.15, -0.1) is 0 Å². The Hall–Kier alpha value is -1.55. The van der Waals surface area contributed by atoms with E-state index in [0.717, 1.165) is 21.7 Å². The maximum atomic E-state index is 11.7. The molecule has 21 heavy (non-hydrogen) atoms. The fourth-order valence-corrected chi connectivity index (χ4v) is 2.63. The van der Waals surface area contributed by atoms with Crippen LogP contribution in [-0.4, -0.2) is 19.1 Å². The Morgan fingerprint density at radius 2 is 2.00 bits per heavy atom. The number of fused-ring (bicyclic) bond motifs is 1. The molecule has 2 aromatic rings. The topological polar surface area (TPSA) is 38.3 Å². The summed E-state index contributed by atoms with van der Waals surface area (Å²) in [6.07, 6.45) is 0.978. The molecule has 0 unspecified atom stereocenters. The van der Waals surface area contributed by atoms with Gasteiger partial charge in [0.1, 0.15) is 5.75 Å². The quantitative estimate of drug-likeness (QED) is 0.850. The van der Waals surface area contributed by atoms with Crippen molar-refractivity contribution in [1.29, 1.82) is 0 Å². The van der Waals surface area contributed by atoms with Crippen LogP contribution in [0, 0.1) is 5.92 Å². The average Bonchev–Trinajstić information content (AvgIpc) is 2.46. The Bertz CT molecular complexity index is 625. The minimum Gasteiger partial charge on any atom is -0.483 e. The molecule has 3 nitrogen and oxygen atoms in total. The second-order valence-corrected chi connectivity index (χ2v) is 6.21. The number of rotatable bonds is 6. The van der Waals surface area contributed by atoms with Gasteiger partial charge in [-0.2, -0.15) is 0 Å². The van der Waals surface area contributed by atoms with Crippen molar-refractivity contribution in [2.24, 2.45) is 5.92 Å². The fraction of sp³-hybridized carbons (Fsp3) is 0.353. The molecule has 0 atom stereocenters. The molecular weight excluding hydrogens is 330 g/mol. The molecular formula is C17H20BrNO2. The van der Waals surface area contributed by atoms with Crippen LogP contribution in [0.5, 0.6) is 5.75 Å². The highest BCUT2D eigenvalue weighted by molar-refractivity contribution is 9.10. The van der Waals surface area contributed by atoms with Crippen LogP contribution in [0.4, 0.5) is 0 Å². The number of carbonyl (C=O) groups is 1. The summed E-state index contributed by atoms with van der Waals surface area (Å²) >= 11 is 3.55. The highest BCUT2D eigenvalue weighted by atomic mass is 79.9. The van der Waals surface area contributed by atoms with Crippen molar-refractivity contribution in [2.75, 3.05) is 13.2 Å². The zero-order valence-electron chi connectivity index (χ0n) is 12.4. The summed E-state index contributed by atoms with van der Waals surface area (Å²) in [5.41, 5.74) is 0. The SMILES string of the molecule is CC(C)CCNC(=O)COc1ccc2ccccc2c1Br. The lowest BCUT2D eigenvalue weighted by Crippen LogP contribution is -2.30. The smallest absolute Gasteiger partial charge is 0.257 e. The van der Waals surface area contributed by atoms with Crippen LogP contribution in [0.15, 0.2) is 40.9 Å². The predicted octanol–water partition coefficient (Wildman–Crippen LogP) is 4.14. The first-order chi connectivity index (χ1) is 10.1. The van der Waals surface area contributed by atoms with Crippen LogP contribution in [0.25, 0.3) is 10.8 Å². The maximum absolute atomic E-state index is 11.7. The van der Waals surface area contributed by atoms with Gasteiger partial charge in [0, 0.05) is 6.54 Å². The average molecular weight is 350 g/mol. The van der Waals surface area contributed by atoms with E-state index in [0.29, 0.717) is 18.2 Å². The van der Waals surface area contributed by atoms with Gasteiger partial charge >= 0.3 is 0 Å². The highest BCUT2D eigenvalue weighted by Gasteiger charge is 2.08. The Kier molecular flexibility index (Phi) is 5.62. The first-order valence-electron chi connectivity index (χ1n) is 7.14. The summed E-state index contributed by atoms with van der Waals surface area (Å²) in [5, 5.41) is 5.08. The van der Waals surface area contributed by atoms with Gasteiger partial charge in [0.05, 0.1) is 4.47 Å². The summed E-state index contributed by atoms with van der Waals surface area (Å²) in [5.74, 6) is 1.18. The number of amides is 1. The summed E-state index contributed by atoms with van der Waals surface area (Å²) < 4.78 is 6.49. The van der Waals surface area contributed by atoms with Crippen molar-refractivity contribution in [3.8, 4) is 5.75 Å². The minimum absolute atomic E-state index is 0.0367. The Labute approximate surface area is 133 Å². The van der Waals surface area contributed by atoms with Crippen molar-refractivity contribution >= 4 is 32.6 Å². The number of benzene rings is 2. The molecule has 0 saturated heterocycles. The van der Waals surface area contributed by atoms with Gasteiger partial charge in [-0.25, -0.2) is 0 Å². The van der Waals surface area contributed by atoms with Crippen molar-refractivity contribution < 1.29 is 9.53 Å². The van der Waals surface area contributed by atoms with Crippen LogP contribution in [0.2, 0.25) is 0 Å². The summed E-state index contributed by atoms with van der Waals surface area (Å²) in [7, 11) is 0. The maximum Gasteiger partial charge on any atom is 0.257 e. The van der Waals surface area contributed by atoms with E-state index in [1.807, 2.05) is 36.4 Å². The molecule has 1 amide bonds. The molecule has 0 spiro atoms. The number of halogens is 1. The lowest BCUT2D eigenvalue weighted by Gasteiger charge is -2.11. The number of ether oxygens (including phenoxy) is 1. The van der Waals surface area contributed by atoms with Gasteiger partial charge in [-0.05, 0) is 45.1 Å². The van der Waals surface area contributed by atoms with Crippen molar-refractivity contribution in [1.82, 2.24) is 5.32 Å². The third-order valence-corrected chi connectivity index (χ3v) is 4.05. The Balaban J connectivity index is 1.94. The van der Waals surface area contributed by atoms with Crippen LogP contribution >= 0.6 is 15.9 Å². The molecule has 2 aromatic carbocycles. The molecule has 1 N–H and O–H groups in total. The molecule has 0 aromatic heterocycles. The summed E-state index contributed by atoms with van der Waals surface area (Å²) in [6.45, 7) is 5.00. The number of hydrogen-bond acceptors (Lipinski definition) is 2. The summed E-state index contributed by atoms with van der Waals surface area (Å²) in [4.78, 5) is 11.7. The van der Waals surface area contributed by atoms with E-state index < -0.39 is 0 Å². The first kappa shape index (κ1) is 15.8. The van der Waals surface area contributed by atoms with Gasteiger partial charge in [0.15, 0.2) is 6.61 Å². The number of nitrogens with one attached hydrogen (secondary N) is 1. The van der Waals surface area contributed by atoms with E-state index in [2.05, 4.69) is 35.1 Å². The van der Waals surface area contributed by atoms with Crippen LogP contribution in [0.3, 0.4) is 0 Å². The second-order valence-electron chi connectivity index (χ2n) is 5.42. The monoisotopic (exact) mass is 349 g/mol. The minimum atomic E-state index is -0.0873. The van der Waals surface area contributed by atoms with Crippen molar-refractivity contribution in [2.45, 2.75) is 20.3 Å². The van der Waals surface area contributed by atoms with Crippen LogP contribution in [0.1, 0.15) is 20.3 Å². The van der Waals surface area contributed by atoms with Crippen molar-refractivity contribution in [3.05, 3.63) is 40.9 Å². The largest absolute Gasteiger partial charge is 0.483 e. The molecule has 4 heteroatoms. The molecule has 2 rings (SSSR count). The Morgan fingerprint density at radius 3 is 2.76 bits per heavy atom. The molecule has 0 fully saturated rings. The standard InChI is InChI=1S/C17H20BrNO2/c1-12(2)9-10-19-16(20)11-21-15-8-7-13-5-3-4-6-14(13)17(15)18/h3-8,12H,9-11H2,1-2H3,(H,19,20).